The van der Waals surface area contributed by atoms with Gasteiger partial charge in [0.05, 0.1) is 28.5 Å². The Labute approximate surface area is 150 Å². The fourth-order valence-corrected chi connectivity index (χ4v) is 3.21. The summed E-state index contributed by atoms with van der Waals surface area (Å²) in [5.41, 5.74) is 6.00. The zero-order chi connectivity index (χ0) is 18.4. The van der Waals surface area contributed by atoms with Gasteiger partial charge in [0.2, 0.25) is 0 Å². The fraction of sp³-hybridized carbons (Fsp3) is 0.211. The second kappa shape index (κ2) is 5.94. The van der Waals surface area contributed by atoms with Crippen LogP contribution in [0, 0.1) is 19.7 Å². The van der Waals surface area contributed by atoms with Crippen molar-refractivity contribution in [2.75, 3.05) is 0 Å². The zero-order valence-electron chi connectivity index (χ0n) is 15.1. The molecule has 0 spiro atoms. The Bertz CT molecular complexity index is 1100. The highest BCUT2D eigenvalue weighted by Gasteiger charge is 2.19. The zero-order valence-corrected chi connectivity index (χ0v) is 15.1. The Hall–Kier alpha value is -3.22. The van der Waals surface area contributed by atoms with E-state index in [2.05, 4.69) is 10.2 Å². The molecule has 0 aliphatic heterocycles. The molecule has 0 bridgehead atoms. The van der Waals surface area contributed by atoms with E-state index in [0.29, 0.717) is 5.69 Å². The Morgan fingerprint density at radius 2 is 1.50 bits per heavy atom. The van der Waals surface area contributed by atoms with E-state index in [4.69, 9.17) is 5.10 Å². The van der Waals surface area contributed by atoms with Crippen molar-refractivity contribution in [2.45, 2.75) is 13.8 Å². The van der Waals surface area contributed by atoms with E-state index in [1.807, 2.05) is 52.5 Å². The standard InChI is InChI=1S/C19H19FN6/c1-12-16(10-24(3)21-12)18-9-19(17-11-25(4)22-13(17)2)26(23-18)15-7-5-6-14(20)8-15/h5-11H,1-4H3. The van der Waals surface area contributed by atoms with Gasteiger partial charge in [-0.05, 0) is 38.1 Å². The molecule has 132 valence electrons. The molecule has 0 saturated carbocycles. The molecular weight excluding hydrogens is 331 g/mol. The minimum absolute atomic E-state index is 0.300. The van der Waals surface area contributed by atoms with E-state index in [9.17, 15) is 4.39 Å². The van der Waals surface area contributed by atoms with Crippen molar-refractivity contribution in [1.29, 1.82) is 0 Å². The molecule has 4 rings (SSSR count). The minimum atomic E-state index is -0.300. The molecular formula is C19H19FN6. The van der Waals surface area contributed by atoms with Crippen LogP contribution in [0.5, 0.6) is 0 Å². The van der Waals surface area contributed by atoms with Crippen LogP contribution in [0.4, 0.5) is 4.39 Å². The molecule has 0 saturated heterocycles. The van der Waals surface area contributed by atoms with E-state index < -0.39 is 0 Å². The predicted octanol–water partition coefficient (Wildman–Crippen LogP) is 3.43. The van der Waals surface area contributed by atoms with Gasteiger partial charge < -0.3 is 0 Å². The number of aryl methyl sites for hydroxylation is 4. The molecule has 26 heavy (non-hydrogen) atoms. The molecule has 0 radical (unpaired) electrons. The van der Waals surface area contributed by atoms with Crippen LogP contribution in [0.3, 0.4) is 0 Å². The summed E-state index contributed by atoms with van der Waals surface area (Å²) < 4.78 is 19.1. The van der Waals surface area contributed by atoms with Crippen molar-refractivity contribution in [3.05, 3.63) is 59.9 Å². The molecule has 3 aromatic heterocycles. The highest BCUT2D eigenvalue weighted by Crippen LogP contribution is 2.31. The molecule has 3 heterocycles. The second-order valence-corrected chi connectivity index (χ2v) is 6.41. The largest absolute Gasteiger partial charge is 0.275 e. The molecule has 0 amide bonds. The van der Waals surface area contributed by atoms with Gasteiger partial charge in [0, 0.05) is 37.6 Å². The monoisotopic (exact) mass is 350 g/mol. The quantitative estimate of drug-likeness (QED) is 0.569. The van der Waals surface area contributed by atoms with Crippen LogP contribution in [0.15, 0.2) is 42.7 Å². The summed E-state index contributed by atoms with van der Waals surface area (Å²) in [6.07, 6.45) is 3.88. The summed E-state index contributed by atoms with van der Waals surface area (Å²) in [5.74, 6) is -0.300. The number of aromatic nitrogens is 6. The van der Waals surface area contributed by atoms with Gasteiger partial charge in [-0.3, -0.25) is 9.36 Å². The number of rotatable bonds is 3. The first-order valence-electron chi connectivity index (χ1n) is 8.29. The van der Waals surface area contributed by atoms with Gasteiger partial charge in [-0.2, -0.15) is 15.3 Å². The first kappa shape index (κ1) is 16.3. The number of halogens is 1. The average Bonchev–Trinajstić information content (AvgIpc) is 3.24. The maximum absolute atomic E-state index is 13.8. The Morgan fingerprint density at radius 3 is 2.08 bits per heavy atom. The van der Waals surface area contributed by atoms with E-state index in [0.717, 1.165) is 33.9 Å². The lowest BCUT2D eigenvalue weighted by Gasteiger charge is -2.06. The van der Waals surface area contributed by atoms with Crippen molar-refractivity contribution in [3.8, 4) is 28.2 Å². The SMILES string of the molecule is Cc1nn(C)cc1-c1cc(-c2cn(C)nc2C)n(-c2cccc(F)c2)n1. The van der Waals surface area contributed by atoms with E-state index in [1.165, 1.54) is 12.1 Å². The summed E-state index contributed by atoms with van der Waals surface area (Å²) in [5, 5.41) is 13.6. The van der Waals surface area contributed by atoms with Gasteiger partial charge >= 0.3 is 0 Å². The topological polar surface area (TPSA) is 53.5 Å². The smallest absolute Gasteiger partial charge is 0.125 e. The van der Waals surface area contributed by atoms with Crippen molar-refractivity contribution < 1.29 is 4.39 Å². The van der Waals surface area contributed by atoms with Crippen LogP contribution < -0.4 is 0 Å². The first-order chi connectivity index (χ1) is 12.4. The average molecular weight is 350 g/mol. The van der Waals surface area contributed by atoms with Crippen LogP contribution in [0.2, 0.25) is 0 Å². The summed E-state index contributed by atoms with van der Waals surface area (Å²) >= 11 is 0. The molecule has 4 aromatic rings. The number of hydrogen-bond donors (Lipinski definition) is 0. The lowest BCUT2D eigenvalue weighted by molar-refractivity contribution is 0.625. The van der Waals surface area contributed by atoms with Crippen LogP contribution >= 0.6 is 0 Å². The van der Waals surface area contributed by atoms with Gasteiger partial charge in [0.25, 0.3) is 0 Å². The number of nitrogens with zero attached hydrogens (tertiary/aromatic N) is 6. The maximum atomic E-state index is 13.8. The molecule has 0 unspecified atom stereocenters. The summed E-state index contributed by atoms with van der Waals surface area (Å²) in [6, 6.07) is 8.42. The molecule has 0 atom stereocenters. The van der Waals surface area contributed by atoms with Crippen molar-refractivity contribution in [1.82, 2.24) is 29.3 Å². The van der Waals surface area contributed by atoms with Crippen LogP contribution in [0.25, 0.3) is 28.2 Å². The third-order valence-electron chi connectivity index (χ3n) is 4.34. The maximum Gasteiger partial charge on any atom is 0.125 e. The minimum Gasteiger partial charge on any atom is -0.275 e. The van der Waals surface area contributed by atoms with Gasteiger partial charge in [0.1, 0.15) is 5.82 Å². The van der Waals surface area contributed by atoms with Crippen molar-refractivity contribution in [2.24, 2.45) is 14.1 Å². The second-order valence-electron chi connectivity index (χ2n) is 6.41. The predicted molar refractivity (Wildman–Crippen MR) is 97.4 cm³/mol. The molecule has 0 N–H and O–H groups in total. The Morgan fingerprint density at radius 1 is 0.846 bits per heavy atom. The molecule has 7 heteroatoms. The molecule has 0 aliphatic rings. The lowest BCUT2D eigenvalue weighted by Crippen LogP contribution is -2.00. The van der Waals surface area contributed by atoms with Gasteiger partial charge in [-0.25, -0.2) is 9.07 Å². The summed E-state index contributed by atoms with van der Waals surface area (Å²) in [6.45, 7) is 3.90. The molecule has 0 aliphatic carbocycles. The van der Waals surface area contributed by atoms with Crippen LogP contribution in [-0.2, 0) is 14.1 Å². The van der Waals surface area contributed by atoms with Crippen molar-refractivity contribution in [3.63, 3.8) is 0 Å². The molecule has 1 aromatic carbocycles. The van der Waals surface area contributed by atoms with Crippen molar-refractivity contribution >= 4 is 0 Å². The third-order valence-corrected chi connectivity index (χ3v) is 4.34. The lowest BCUT2D eigenvalue weighted by atomic mass is 10.1. The summed E-state index contributed by atoms with van der Waals surface area (Å²) in [7, 11) is 3.76. The summed E-state index contributed by atoms with van der Waals surface area (Å²) in [4.78, 5) is 0. The van der Waals surface area contributed by atoms with Crippen LogP contribution in [0.1, 0.15) is 11.4 Å². The fourth-order valence-electron chi connectivity index (χ4n) is 3.21. The highest BCUT2D eigenvalue weighted by atomic mass is 19.1. The molecule has 0 fully saturated rings. The number of benzene rings is 1. The van der Waals surface area contributed by atoms with Gasteiger partial charge in [-0.15, -0.1) is 0 Å². The number of hydrogen-bond acceptors (Lipinski definition) is 3. The first-order valence-corrected chi connectivity index (χ1v) is 8.29. The van der Waals surface area contributed by atoms with Crippen LogP contribution in [-0.4, -0.2) is 29.3 Å². The van der Waals surface area contributed by atoms with E-state index in [-0.39, 0.29) is 5.82 Å². The van der Waals surface area contributed by atoms with Gasteiger partial charge in [-0.1, -0.05) is 6.07 Å². The Balaban J connectivity index is 1.96. The van der Waals surface area contributed by atoms with E-state index >= 15 is 0 Å². The van der Waals surface area contributed by atoms with E-state index in [1.54, 1.807) is 20.1 Å². The normalized spacial score (nSPS) is 11.3. The highest BCUT2D eigenvalue weighted by molar-refractivity contribution is 5.72. The van der Waals surface area contributed by atoms with Gasteiger partial charge in [0.15, 0.2) is 0 Å². The molecule has 6 nitrogen and oxygen atoms in total. The third kappa shape index (κ3) is 2.71. The Kier molecular flexibility index (Phi) is 3.72.